The Morgan fingerprint density at radius 3 is 2.68 bits per heavy atom. The van der Waals surface area contributed by atoms with Crippen LogP contribution in [-0.4, -0.2) is 24.5 Å². The third-order valence-electron chi connectivity index (χ3n) is 4.42. The van der Waals surface area contributed by atoms with Crippen molar-refractivity contribution in [3.05, 3.63) is 35.1 Å². The van der Waals surface area contributed by atoms with Crippen molar-refractivity contribution in [3.63, 3.8) is 0 Å². The molecule has 1 aliphatic rings. The molecule has 1 aromatic carbocycles. The molecular formula is C16H25FN2. The third kappa shape index (κ3) is 3.77. The summed E-state index contributed by atoms with van der Waals surface area (Å²) in [6.45, 7) is 5.03. The van der Waals surface area contributed by atoms with Crippen LogP contribution in [0, 0.1) is 18.7 Å². The van der Waals surface area contributed by atoms with Gasteiger partial charge in [0.25, 0.3) is 0 Å². The largest absolute Gasteiger partial charge is 0.324 e. The average Bonchev–Trinajstić information content (AvgIpc) is 3.22. The average molecular weight is 264 g/mol. The van der Waals surface area contributed by atoms with E-state index >= 15 is 0 Å². The van der Waals surface area contributed by atoms with E-state index in [4.69, 9.17) is 5.73 Å². The van der Waals surface area contributed by atoms with Crippen LogP contribution >= 0.6 is 0 Å². The van der Waals surface area contributed by atoms with Crippen LogP contribution in [0.1, 0.15) is 43.4 Å². The molecule has 1 aromatic rings. The van der Waals surface area contributed by atoms with Crippen molar-refractivity contribution in [2.45, 2.75) is 45.2 Å². The molecule has 2 rings (SSSR count). The van der Waals surface area contributed by atoms with Gasteiger partial charge in [-0.3, -0.25) is 0 Å². The molecule has 1 saturated carbocycles. The molecular weight excluding hydrogens is 239 g/mol. The van der Waals surface area contributed by atoms with Gasteiger partial charge in [-0.1, -0.05) is 12.1 Å². The number of aryl methyl sites for hydroxylation is 1. The van der Waals surface area contributed by atoms with Crippen LogP contribution in [-0.2, 0) is 0 Å². The first-order valence-electron chi connectivity index (χ1n) is 7.21. The quantitative estimate of drug-likeness (QED) is 0.854. The van der Waals surface area contributed by atoms with Gasteiger partial charge in [-0.25, -0.2) is 4.39 Å². The van der Waals surface area contributed by atoms with Gasteiger partial charge >= 0.3 is 0 Å². The van der Waals surface area contributed by atoms with E-state index in [1.807, 2.05) is 6.07 Å². The van der Waals surface area contributed by atoms with Gasteiger partial charge in [-0.2, -0.15) is 0 Å². The SMILES string of the molecule is Cc1ccc(C(N)CCN(C)C(C)C2CC2)cc1F. The summed E-state index contributed by atoms with van der Waals surface area (Å²) in [5, 5.41) is 0. The van der Waals surface area contributed by atoms with Crippen LogP contribution in [0.25, 0.3) is 0 Å². The van der Waals surface area contributed by atoms with Crippen molar-refractivity contribution >= 4 is 0 Å². The fraction of sp³-hybridized carbons (Fsp3) is 0.625. The van der Waals surface area contributed by atoms with Crippen LogP contribution in [0.3, 0.4) is 0 Å². The minimum absolute atomic E-state index is 0.0797. The first-order valence-corrected chi connectivity index (χ1v) is 7.21. The fourth-order valence-electron chi connectivity index (χ4n) is 2.49. The van der Waals surface area contributed by atoms with Crippen LogP contribution in [0.5, 0.6) is 0 Å². The van der Waals surface area contributed by atoms with E-state index in [2.05, 4.69) is 18.9 Å². The Morgan fingerprint density at radius 2 is 2.11 bits per heavy atom. The van der Waals surface area contributed by atoms with Crippen molar-refractivity contribution in [2.75, 3.05) is 13.6 Å². The van der Waals surface area contributed by atoms with Crippen LogP contribution in [0.4, 0.5) is 4.39 Å². The number of benzene rings is 1. The Balaban J connectivity index is 1.86. The summed E-state index contributed by atoms with van der Waals surface area (Å²) in [6, 6.07) is 5.88. The summed E-state index contributed by atoms with van der Waals surface area (Å²) in [4.78, 5) is 2.38. The minimum Gasteiger partial charge on any atom is -0.324 e. The molecule has 1 fully saturated rings. The highest BCUT2D eigenvalue weighted by molar-refractivity contribution is 5.25. The molecule has 0 amide bonds. The van der Waals surface area contributed by atoms with Gasteiger partial charge in [0.1, 0.15) is 5.82 Å². The summed E-state index contributed by atoms with van der Waals surface area (Å²) in [6.07, 6.45) is 3.59. The van der Waals surface area contributed by atoms with Gasteiger partial charge in [0.2, 0.25) is 0 Å². The van der Waals surface area contributed by atoms with E-state index in [0.29, 0.717) is 11.6 Å². The van der Waals surface area contributed by atoms with Crippen molar-refractivity contribution in [3.8, 4) is 0 Å². The molecule has 0 spiro atoms. The zero-order valence-corrected chi connectivity index (χ0v) is 12.2. The number of rotatable bonds is 6. The fourth-order valence-corrected chi connectivity index (χ4v) is 2.49. The smallest absolute Gasteiger partial charge is 0.126 e. The van der Waals surface area contributed by atoms with E-state index in [-0.39, 0.29) is 11.9 Å². The van der Waals surface area contributed by atoms with Gasteiger partial charge in [0, 0.05) is 12.1 Å². The molecule has 0 aliphatic heterocycles. The Kier molecular flexibility index (Phi) is 4.58. The lowest BCUT2D eigenvalue weighted by Gasteiger charge is -2.26. The molecule has 2 nitrogen and oxygen atoms in total. The molecule has 0 saturated heterocycles. The standard InChI is InChI=1S/C16H25FN2/c1-11-4-5-14(10-15(11)17)16(18)8-9-19(3)12(2)13-6-7-13/h4-5,10,12-13,16H,6-9,18H2,1-3H3. The first-order chi connectivity index (χ1) is 8.99. The molecule has 0 aromatic heterocycles. The Bertz CT molecular complexity index is 429. The van der Waals surface area contributed by atoms with Crippen molar-refractivity contribution in [1.82, 2.24) is 4.90 Å². The normalized spacial score (nSPS) is 18.6. The molecule has 106 valence electrons. The zero-order chi connectivity index (χ0) is 14.0. The summed E-state index contributed by atoms with van der Waals surface area (Å²) < 4.78 is 13.5. The van der Waals surface area contributed by atoms with Crippen LogP contribution in [0.2, 0.25) is 0 Å². The second-order valence-corrected chi connectivity index (χ2v) is 5.96. The van der Waals surface area contributed by atoms with Gasteiger partial charge in [0.15, 0.2) is 0 Å². The van der Waals surface area contributed by atoms with Crippen molar-refractivity contribution in [1.29, 1.82) is 0 Å². The predicted molar refractivity (Wildman–Crippen MR) is 77.5 cm³/mol. The van der Waals surface area contributed by atoms with Gasteiger partial charge in [-0.15, -0.1) is 0 Å². The predicted octanol–water partition coefficient (Wildman–Crippen LogP) is 3.25. The minimum atomic E-state index is -0.160. The summed E-state index contributed by atoms with van der Waals surface area (Å²) in [7, 11) is 2.16. The van der Waals surface area contributed by atoms with Gasteiger partial charge in [-0.05, 0) is 69.8 Å². The third-order valence-corrected chi connectivity index (χ3v) is 4.42. The second-order valence-electron chi connectivity index (χ2n) is 5.96. The molecule has 19 heavy (non-hydrogen) atoms. The summed E-state index contributed by atoms with van der Waals surface area (Å²) in [5.41, 5.74) is 7.74. The van der Waals surface area contributed by atoms with E-state index in [0.717, 1.165) is 24.4 Å². The zero-order valence-electron chi connectivity index (χ0n) is 12.2. The molecule has 1 aliphatic carbocycles. The lowest BCUT2D eigenvalue weighted by Crippen LogP contribution is -2.33. The van der Waals surface area contributed by atoms with Crippen molar-refractivity contribution < 1.29 is 4.39 Å². The second kappa shape index (κ2) is 6.02. The molecule has 0 bridgehead atoms. The van der Waals surface area contributed by atoms with E-state index in [1.54, 1.807) is 19.1 Å². The highest BCUT2D eigenvalue weighted by atomic mass is 19.1. The monoisotopic (exact) mass is 264 g/mol. The highest BCUT2D eigenvalue weighted by Crippen LogP contribution is 2.34. The lowest BCUT2D eigenvalue weighted by atomic mass is 10.0. The lowest BCUT2D eigenvalue weighted by molar-refractivity contribution is 0.226. The van der Waals surface area contributed by atoms with Crippen LogP contribution in [0.15, 0.2) is 18.2 Å². The number of hydrogen-bond acceptors (Lipinski definition) is 2. The van der Waals surface area contributed by atoms with Crippen molar-refractivity contribution in [2.24, 2.45) is 11.7 Å². The maximum absolute atomic E-state index is 13.5. The maximum atomic E-state index is 13.5. The topological polar surface area (TPSA) is 29.3 Å². The molecule has 0 heterocycles. The van der Waals surface area contributed by atoms with E-state index < -0.39 is 0 Å². The Morgan fingerprint density at radius 1 is 1.42 bits per heavy atom. The summed E-state index contributed by atoms with van der Waals surface area (Å²) >= 11 is 0. The number of halogens is 1. The van der Waals surface area contributed by atoms with E-state index in [1.165, 1.54) is 12.8 Å². The molecule has 2 unspecified atom stereocenters. The Hall–Kier alpha value is -0.930. The molecule has 2 atom stereocenters. The maximum Gasteiger partial charge on any atom is 0.126 e. The number of nitrogens with two attached hydrogens (primary N) is 1. The highest BCUT2D eigenvalue weighted by Gasteiger charge is 2.30. The van der Waals surface area contributed by atoms with Crippen LogP contribution < -0.4 is 5.73 Å². The first kappa shape index (κ1) is 14.5. The molecule has 0 radical (unpaired) electrons. The molecule has 3 heteroatoms. The van der Waals surface area contributed by atoms with Gasteiger partial charge < -0.3 is 10.6 Å². The Labute approximate surface area is 115 Å². The number of hydrogen-bond donors (Lipinski definition) is 1. The molecule has 2 N–H and O–H groups in total. The van der Waals surface area contributed by atoms with Gasteiger partial charge in [0.05, 0.1) is 0 Å². The number of nitrogens with zero attached hydrogens (tertiary/aromatic N) is 1. The summed E-state index contributed by atoms with van der Waals surface area (Å²) in [5.74, 6) is 0.714. The van der Waals surface area contributed by atoms with E-state index in [9.17, 15) is 4.39 Å².